The maximum Gasteiger partial charge on any atom is 0.225 e. The molecule has 8 nitrogen and oxygen atoms in total. The Bertz CT molecular complexity index is 1390. The molecule has 2 heterocycles. The summed E-state index contributed by atoms with van der Waals surface area (Å²) in [5.41, 5.74) is 8.34. The zero-order valence-electron chi connectivity index (χ0n) is 18.4. The second-order valence-electron chi connectivity index (χ2n) is 8.17. The lowest BCUT2D eigenvalue weighted by atomic mass is 9.97. The van der Waals surface area contributed by atoms with Crippen molar-refractivity contribution in [2.45, 2.75) is 6.42 Å². The predicted molar refractivity (Wildman–Crippen MR) is 134 cm³/mol. The van der Waals surface area contributed by atoms with E-state index in [4.69, 9.17) is 22.1 Å². The minimum Gasteiger partial charge on any atom is -0.508 e. The first-order valence-corrected chi connectivity index (χ1v) is 11.5. The lowest BCUT2D eigenvalue weighted by molar-refractivity contribution is -0.134. The molecule has 0 unspecified atom stereocenters. The van der Waals surface area contributed by atoms with E-state index in [9.17, 15) is 9.90 Å². The number of aromatic nitrogens is 2. The van der Waals surface area contributed by atoms with Crippen LogP contribution in [0.2, 0.25) is 5.02 Å². The molecule has 0 saturated carbocycles. The van der Waals surface area contributed by atoms with Crippen molar-refractivity contribution in [3.8, 4) is 16.9 Å². The summed E-state index contributed by atoms with van der Waals surface area (Å²) in [7, 11) is 0. The van der Waals surface area contributed by atoms with Crippen LogP contribution >= 0.6 is 11.6 Å². The van der Waals surface area contributed by atoms with Gasteiger partial charge in [-0.05, 0) is 40.6 Å². The van der Waals surface area contributed by atoms with Gasteiger partial charge in [-0.3, -0.25) is 4.79 Å². The van der Waals surface area contributed by atoms with Crippen molar-refractivity contribution in [1.29, 1.82) is 0 Å². The number of carbonyl (C=O) groups is 1. The number of aromatic hydroxyl groups is 1. The van der Waals surface area contributed by atoms with E-state index in [1.807, 2.05) is 30.3 Å². The molecule has 4 N–H and O–H groups in total. The SMILES string of the molecule is Nc1nc(NCCC(=O)N2CCOCC2)nc2cc(-c3cc(O)cc4ccccc34)c(Cl)cc12. The molecule has 1 saturated heterocycles. The second-order valence-corrected chi connectivity index (χ2v) is 8.57. The molecular weight excluding hydrogens is 454 g/mol. The smallest absolute Gasteiger partial charge is 0.225 e. The van der Waals surface area contributed by atoms with Crippen LogP contribution in [0.1, 0.15) is 6.42 Å². The van der Waals surface area contributed by atoms with Crippen molar-refractivity contribution in [2.75, 3.05) is 43.9 Å². The summed E-state index contributed by atoms with van der Waals surface area (Å²) in [5.74, 6) is 0.851. The maximum absolute atomic E-state index is 12.4. The molecule has 0 spiro atoms. The van der Waals surface area contributed by atoms with Gasteiger partial charge in [0.25, 0.3) is 0 Å². The molecule has 3 aromatic carbocycles. The van der Waals surface area contributed by atoms with Crippen LogP contribution in [0.5, 0.6) is 5.75 Å². The predicted octanol–water partition coefficient (Wildman–Crippen LogP) is 4.05. The van der Waals surface area contributed by atoms with E-state index in [2.05, 4.69) is 15.3 Å². The average Bonchev–Trinajstić information content (AvgIpc) is 2.84. The van der Waals surface area contributed by atoms with E-state index in [-0.39, 0.29) is 11.7 Å². The van der Waals surface area contributed by atoms with Crippen LogP contribution < -0.4 is 11.1 Å². The zero-order valence-corrected chi connectivity index (χ0v) is 19.2. The summed E-state index contributed by atoms with van der Waals surface area (Å²) in [6.07, 6.45) is 0.322. The van der Waals surface area contributed by atoms with E-state index in [0.717, 1.165) is 21.9 Å². The Morgan fingerprint density at radius 3 is 2.71 bits per heavy atom. The van der Waals surface area contributed by atoms with Gasteiger partial charge in [0.1, 0.15) is 11.6 Å². The van der Waals surface area contributed by atoms with Crippen LogP contribution in [0.3, 0.4) is 0 Å². The van der Waals surface area contributed by atoms with E-state index in [1.54, 1.807) is 23.1 Å². The molecule has 34 heavy (non-hydrogen) atoms. The molecule has 0 bridgehead atoms. The molecule has 5 rings (SSSR count). The Balaban J connectivity index is 1.44. The van der Waals surface area contributed by atoms with Crippen molar-refractivity contribution in [1.82, 2.24) is 14.9 Å². The second kappa shape index (κ2) is 9.32. The van der Waals surface area contributed by atoms with E-state index < -0.39 is 0 Å². The molecule has 9 heteroatoms. The van der Waals surface area contributed by atoms with Crippen LogP contribution in [0.25, 0.3) is 32.8 Å². The quantitative estimate of drug-likeness (QED) is 0.397. The van der Waals surface area contributed by atoms with Gasteiger partial charge >= 0.3 is 0 Å². The number of halogens is 1. The molecule has 0 radical (unpaired) electrons. The minimum atomic E-state index is 0.0643. The van der Waals surface area contributed by atoms with E-state index in [1.165, 1.54) is 0 Å². The number of nitrogens with one attached hydrogen (secondary N) is 1. The number of anilines is 2. The Morgan fingerprint density at radius 2 is 1.88 bits per heavy atom. The Morgan fingerprint density at radius 1 is 1.09 bits per heavy atom. The number of ether oxygens (including phenoxy) is 1. The molecule has 4 aromatic rings. The summed E-state index contributed by atoms with van der Waals surface area (Å²) in [6.45, 7) is 2.77. The number of fused-ring (bicyclic) bond motifs is 2. The van der Waals surface area contributed by atoms with E-state index >= 15 is 0 Å². The van der Waals surface area contributed by atoms with E-state index in [0.29, 0.717) is 67.0 Å². The highest BCUT2D eigenvalue weighted by Gasteiger charge is 2.17. The molecule has 1 fully saturated rings. The minimum absolute atomic E-state index is 0.0643. The van der Waals surface area contributed by atoms with Crippen LogP contribution in [-0.2, 0) is 9.53 Å². The van der Waals surface area contributed by atoms with Crippen molar-refractivity contribution >= 4 is 50.9 Å². The number of amides is 1. The average molecular weight is 478 g/mol. The number of nitrogens with zero attached hydrogens (tertiary/aromatic N) is 3. The van der Waals surface area contributed by atoms with Crippen molar-refractivity contribution in [2.24, 2.45) is 0 Å². The first-order valence-electron chi connectivity index (χ1n) is 11.1. The first kappa shape index (κ1) is 22.2. The number of hydrogen-bond donors (Lipinski definition) is 3. The fourth-order valence-electron chi connectivity index (χ4n) is 4.23. The fraction of sp³-hybridized carbons (Fsp3) is 0.240. The number of nitrogens with two attached hydrogens (primary N) is 1. The highest BCUT2D eigenvalue weighted by atomic mass is 35.5. The first-order chi connectivity index (χ1) is 16.5. The highest BCUT2D eigenvalue weighted by Crippen LogP contribution is 2.39. The van der Waals surface area contributed by atoms with Gasteiger partial charge in [0, 0.05) is 42.0 Å². The number of phenolic OH excluding ortho intramolecular Hbond substituents is 1. The molecule has 1 aliphatic rings. The molecule has 0 atom stereocenters. The number of benzene rings is 3. The monoisotopic (exact) mass is 477 g/mol. The summed E-state index contributed by atoms with van der Waals surface area (Å²) in [4.78, 5) is 23.1. The number of phenols is 1. The third-order valence-corrected chi connectivity index (χ3v) is 6.25. The van der Waals surface area contributed by atoms with Crippen molar-refractivity contribution in [3.63, 3.8) is 0 Å². The molecule has 174 valence electrons. The van der Waals surface area contributed by atoms with Gasteiger partial charge in [0.2, 0.25) is 11.9 Å². The Labute approximate surface area is 201 Å². The lowest BCUT2D eigenvalue weighted by Gasteiger charge is -2.26. The molecular formula is C25H24ClN5O3. The number of nitrogen functional groups attached to an aromatic ring is 1. The number of rotatable bonds is 5. The largest absolute Gasteiger partial charge is 0.508 e. The van der Waals surface area contributed by atoms with Gasteiger partial charge in [-0.25, -0.2) is 4.98 Å². The van der Waals surface area contributed by atoms with Crippen molar-refractivity contribution < 1.29 is 14.6 Å². The molecule has 1 aliphatic heterocycles. The molecule has 1 aromatic heterocycles. The third kappa shape index (κ3) is 4.42. The summed E-state index contributed by atoms with van der Waals surface area (Å²) in [6, 6.07) is 14.8. The lowest BCUT2D eigenvalue weighted by Crippen LogP contribution is -2.41. The Kier molecular flexibility index (Phi) is 6.08. The van der Waals surface area contributed by atoms with Crippen LogP contribution in [0.4, 0.5) is 11.8 Å². The highest BCUT2D eigenvalue weighted by molar-refractivity contribution is 6.34. The van der Waals surface area contributed by atoms with Crippen LogP contribution in [0.15, 0.2) is 48.5 Å². The summed E-state index contributed by atoms with van der Waals surface area (Å²) < 4.78 is 5.29. The van der Waals surface area contributed by atoms with Crippen LogP contribution in [-0.4, -0.2) is 58.7 Å². The van der Waals surface area contributed by atoms with Gasteiger partial charge in [-0.15, -0.1) is 0 Å². The van der Waals surface area contributed by atoms with Gasteiger partial charge in [-0.1, -0.05) is 35.9 Å². The van der Waals surface area contributed by atoms with Gasteiger partial charge in [0.05, 0.1) is 18.7 Å². The number of morpholine rings is 1. The van der Waals surface area contributed by atoms with Gasteiger partial charge in [0.15, 0.2) is 0 Å². The van der Waals surface area contributed by atoms with Crippen LogP contribution in [0, 0.1) is 0 Å². The molecule has 1 amide bonds. The standard InChI is InChI=1S/C25H24ClN5O3/c26-21-13-20-22(14-19(21)18-12-16(32)11-15-3-1-2-4-17(15)18)29-25(30-24(20)27)28-6-5-23(33)31-7-9-34-10-8-31/h1-4,11-14,32H,5-10H2,(H3,27,28,29,30). The maximum atomic E-state index is 12.4. The van der Waals surface area contributed by atoms with Gasteiger partial charge < -0.3 is 25.8 Å². The zero-order chi connectivity index (χ0) is 23.7. The topological polar surface area (TPSA) is 114 Å². The normalized spacial score (nSPS) is 14.0. The Hall–Kier alpha value is -3.62. The van der Waals surface area contributed by atoms with Crippen molar-refractivity contribution in [3.05, 3.63) is 53.6 Å². The number of carbonyl (C=O) groups excluding carboxylic acids is 1. The fourth-order valence-corrected chi connectivity index (χ4v) is 4.49. The summed E-state index contributed by atoms with van der Waals surface area (Å²) >= 11 is 6.64. The number of hydrogen-bond acceptors (Lipinski definition) is 7. The van der Waals surface area contributed by atoms with Gasteiger partial charge in [-0.2, -0.15) is 4.98 Å². The third-order valence-electron chi connectivity index (χ3n) is 5.94. The summed E-state index contributed by atoms with van der Waals surface area (Å²) in [5, 5.41) is 16.4. The molecule has 0 aliphatic carbocycles.